The lowest BCUT2D eigenvalue weighted by atomic mass is 10.2. The van der Waals surface area contributed by atoms with Crippen molar-refractivity contribution in [3.8, 4) is 0 Å². The van der Waals surface area contributed by atoms with Gasteiger partial charge in [0.05, 0.1) is 17.7 Å². The van der Waals surface area contributed by atoms with Gasteiger partial charge in [0.2, 0.25) is 0 Å². The molecule has 3 heteroatoms. The van der Waals surface area contributed by atoms with E-state index in [1.54, 1.807) is 12.1 Å². The lowest BCUT2D eigenvalue weighted by Crippen LogP contribution is -2.07. The van der Waals surface area contributed by atoms with E-state index in [1.165, 1.54) is 33.9 Å². The van der Waals surface area contributed by atoms with Crippen LogP contribution in [0.4, 0.5) is 10.1 Å². The second-order valence-electron chi connectivity index (χ2n) is 5.30. The van der Waals surface area contributed by atoms with Gasteiger partial charge in [0.25, 0.3) is 0 Å². The van der Waals surface area contributed by atoms with Crippen molar-refractivity contribution in [2.45, 2.75) is 6.67 Å². The highest BCUT2D eigenvalue weighted by Gasteiger charge is 2.08. The maximum atomic E-state index is 13.0. The summed E-state index contributed by atoms with van der Waals surface area (Å²) < 4.78 is 15.2. The first-order chi connectivity index (χ1) is 10.8. The van der Waals surface area contributed by atoms with E-state index in [0.717, 1.165) is 5.69 Å². The molecular formula is C19H15FN2. The van der Waals surface area contributed by atoms with E-state index in [-0.39, 0.29) is 5.82 Å². The highest BCUT2D eigenvalue weighted by molar-refractivity contribution is 6.07. The molecule has 22 heavy (non-hydrogen) atoms. The molecule has 0 radical (unpaired) electrons. The lowest BCUT2D eigenvalue weighted by Gasteiger charge is -2.10. The number of nitrogens with one attached hydrogen (secondary N) is 1. The van der Waals surface area contributed by atoms with Crippen molar-refractivity contribution in [3.63, 3.8) is 0 Å². The largest absolute Gasteiger partial charge is 0.367 e. The zero-order valence-corrected chi connectivity index (χ0v) is 12.0. The summed E-state index contributed by atoms with van der Waals surface area (Å²) in [7, 11) is 0. The Kier molecular flexibility index (Phi) is 3.04. The monoisotopic (exact) mass is 290 g/mol. The van der Waals surface area contributed by atoms with E-state index in [4.69, 9.17) is 0 Å². The number of hydrogen-bond acceptors (Lipinski definition) is 1. The fourth-order valence-electron chi connectivity index (χ4n) is 2.91. The van der Waals surface area contributed by atoms with Crippen LogP contribution in [0.3, 0.4) is 0 Å². The smallest absolute Gasteiger partial charge is 0.123 e. The molecule has 0 aliphatic heterocycles. The molecule has 0 saturated heterocycles. The van der Waals surface area contributed by atoms with Crippen LogP contribution in [0, 0.1) is 5.82 Å². The van der Waals surface area contributed by atoms with Crippen LogP contribution in [-0.4, -0.2) is 4.57 Å². The van der Waals surface area contributed by atoms with Crippen molar-refractivity contribution in [1.82, 2.24) is 4.57 Å². The van der Waals surface area contributed by atoms with Crippen molar-refractivity contribution >= 4 is 27.5 Å². The fraction of sp³-hybridized carbons (Fsp3) is 0.0526. The number of nitrogens with zero attached hydrogens (tertiary/aromatic N) is 1. The molecular weight excluding hydrogens is 275 g/mol. The number of para-hydroxylation sites is 2. The quantitative estimate of drug-likeness (QED) is 0.561. The van der Waals surface area contributed by atoms with Crippen LogP contribution in [0.15, 0.2) is 72.8 Å². The Bertz CT molecular complexity index is 885. The highest BCUT2D eigenvalue weighted by Crippen LogP contribution is 2.28. The molecule has 1 heterocycles. The number of aromatic nitrogens is 1. The Morgan fingerprint density at radius 3 is 1.86 bits per heavy atom. The zero-order valence-electron chi connectivity index (χ0n) is 12.0. The minimum absolute atomic E-state index is 0.220. The SMILES string of the molecule is Fc1ccc(NCn2c3ccccc3c3ccccc32)cc1. The summed E-state index contributed by atoms with van der Waals surface area (Å²) in [4.78, 5) is 0. The maximum absolute atomic E-state index is 13.0. The van der Waals surface area contributed by atoms with Gasteiger partial charge >= 0.3 is 0 Å². The Morgan fingerprint density at radius 2 is 1.27 bits per heavy atom. The topological polar surface area (TPSA) is 17.0 Å². The molecule has 0 spiro atoms. The van der Waals surface area contributed by atoms with Gasteiger partial charge in [0.15, 0.2) is 0 Å². The number of anilines is 1. The third-order valence-electron chi connectivity index (χ3n) is 3.97. The van der Waals surface area contributed by atoms with E-state index >= 15 is 0 Å². The standard InChI is InChI=1S/C19H15FN2/c20-14-9-11-15(12-10-14)21-13-22-18-7-3-1-5-16(18)17-6-2-4-8-19(17)22/h1-12,21H,13H2. The predicted molar refractivity (Wildman–Crippen MR) is 89.5 cm³/mol. The van der Waals surface area contributed by atoms with Gasteiger partial charge in [-0.05, 0) is 36.4 Å². The third-order valence-corrected chi connectivity index (χ3v) is 3.97. The molecule has 0 atom stereocenters. The van der Waals surface area contributed by atoms with Crippen molar-refractivity contribution in [2.24, 2.45) is 0 Å². The van der Waals surface area contributed by atoms with Gasteiger partial charge in [-0.1, -0.05) is 36.4 Å². The Labute approximate surface area is 127 Å². The van der Waals surface area contributed by atoms with Crippen molar-refractivity contribution < 1.29 is 4.39 Å². The van der Waals surface area contributed by atoms with Gasteiger partial charge < -0.3 is 9.88 Å². The number of halogens is 1. The first-order valence-electron chi connectivity index (χ1n) is 7.28. The average Bonchev–Trinajstić information content (AvgIpc) is 2.89. The van der Waals surface area contributed by atoms with Crippen LogP contribution in [0.2, 0.25) is 0 Å². The molecule has 0 aliphatic rings. The van der Waals surface area contributed by atoms with Crippen molar-refractivity contribution in [3.05, 3.63) is 78.6 Å². The normalized spacial score (nSPS) is 11.1. The van der Waals surface area contributed by atoms with Crippen molar-refractivity contribution in [1.29, 1.82) is 0 Å². The summed E-state index contributed by atoms with van der Waals surface area (Å²) >= 11 is 0. The van der Waals surface area contributed by atoms with Gasteiger partial charge in [-0.3, -0.25) is 0 Å². The van der Waals surface area contributed by atoms with Crippen LogP contribution in [0.25, 0.3) is 21.8 Å². The van der Waals surface area contributed by atoms with Gasteiger partial charge in [-0.15, -0.1) is 0 Å². The van der Waals surface area contributed by atoms with Gasteiger partial charge in [-0.25, -0.2) is 4.39 Å². The Hall–Kier alpha value is -2.81. The summed E-state index contributed by atoms with van der Waals surface area (Å²) in [6, 6.07) is 23.2. The van der Waals surface area contributed by atoms with E-state index in [2.05, 4.69) is 58.4 Å². The molecule has 0 unspecified atom stereocenters. The highest BCUT2D eigenvalue weighted by atomic mass is 19.1. The summed E-state index contributed by atoms with van der Waals surface area (Å²) in [6.45, 7) is 0.639. The molecule has 0 bridgehead atoms. The molecule has 108 valence electrons. The van der Waals surface area contributed by atoms with Crippen LogP contribution < -0.4 is 5.32 Å². The lowest BCUT2D eigenvalue weighted by molar-refractivity contribution is 0.628. The Morgan fingerprint density at radius 1 is 0.727 bits per heavy atom. The summed E-state index contributed by atoms with van der Waals surface area (Å²) in [5.41, 5.74) is 3.29. The maximum Gasteiger partial charge on any atom is 0.123 e. The molecule has 4 rings (SSSR count). The van der Waals surface area contributed by atoms with Crippen LogP contribution in [0.5, 0.6) is 0 Å². The second-order valence-corrected chi connectivity index (χ2v) is 5.30. The number of rotatable bonds is 3. The summed E-state index contributed by atoms with van der Waals surface area (Å²) in [5, 5.41) is 5.85. The number of fused-ring (bicyclic) bond motifs is 3. The van der Waals surface area contributed by atoms with Crippen LogP contribution in [-0.2, 0) is 6.67 Å². The molecule has 3 aromatic carbocycles. The molecule has 0 saturated carbocycles. The first kappa shape index (κ1) is 12.9. The minimum atomic E-state index is -0.220. The van der Waals surface area contributed by atoms with Crippen molar-refractivity contribution in [2.75, 3.05) is 5.32 Å². The molecule has 1 aromatic heterocycles. The molecule has 0 aliphatic carbocycles. The van der Waals surface area contributed by atoms with E-state index < -0.39 is 0 Å². The summed E-state index contributed by atoms with van der Waals surface area (Å²) in [5.74, 6) is -0.220. The van der Waals surface area contributed by atoms with Gasteiger partial charge in [0.1, 0.15) is 5.82 Å². The molecule has 2 nitrogen and oxygen atoms in total. The van der Waals surface area contributed by atoms with Gasteiger partial charge in [0, 0.05) is 16.5 Å². The number of benzene rings is 3. The predicted octanol–water partition coefficient (Wildman–Crippen LogP) is 5.00. The summed E-state index contributed by atoms with van der Waals surface area (Å²) in [6.07, 6.45) is 0. The van der Waals surface area contributed by atoms with E-state index in [9.17, 15) is 4.39 Å². The molecule has 1 N–H and O–H groups in total. The minimum Gasteiger partial charge on any atom is -0.367 e. The van der Waals surface area contributed by atoms with Crippen LogP contribution in [0.1, 0.15) is 0 Å². The van der Waals surface area contributed by atoms with E-state index in [1.807, 2.05) is 0 Å². The van der Waals surface area contributed by atoms with E-state index in [0.29, 0.717) is 6.67 Å². The number of hydrogen-bond donors (Lipinski definition) is 1. The third kappa shape index (κ3) is 2.11. The first-order valence-corrected chi connectivity index (χ1v) is 7.28. The zero-order chi connectivity index (χ0) is 14.9. The molecule has 4 aromatic rings. The molecule has 0 amide bonds. The average molecular weight is 290 g/mol. The van der Waals surface area contributed by atoms with Gasteiger partial charge in [-0.2, -0.15) is 0 Å². The fourth-order valence-corrected chi connectivity index (χ4v) is 2.91. The molecule has 0 fully saturated rings. The van der Waals surface area contributed by atoms with Crippen LogP contribution >= 0.6 is 0 Å². The second kappa shape index (κ2) is 5.19. The Balaban J connectivity index is 1.77.